The molecule has 0 aliphatic heterocycles. The molecule has 0 fully saturated rings. The third-order valence-corrected chi connectivity index (χ3v) is 2.58. The molecule has 1 N–H and O–H groups in total. The lowest BCUT2D eigenvalue weighted by Gasteiger charge is -2.03. The van der Waals surface area contributed by atoms with E-state index in [1.54, 1.807) is 0 Å². The zero-order valence-corrected chi connectivity index (χ0v) is 8.76. The van der Waals surface area contributed by atoms with Gasteiger partial charge in [0, 0.05) is 13.2 Å². The molecule has 1 aromatic heterocycles. The molecule has 0 aliphatic carbocycles. The first kappa shape index (κ1) is 10.2. The van der Waals surface area contributed by atoms with Crippen molar-refractivity contribution in [1.82, 2.24) is 9.55 Å². The summed E-state index contributed by atoms with van der Waals surface area (Å²) >= 11 is 0. The van der Waals surface area contributed by atoms with Gasteiger partial charge in [0.1, 0.15) is 0 Å². The summed E-state index contributed by atoms with van der Waals surface area (Å²) in [7, 11) is 0. The van der Waals surface area contributed by atoms with Gasteiger partial charge in [0.2, 0.25) is 0 Å². The van der Waals surface area contributed by atoms with E-state index >= 15 is 0 Å². The van der Waals surface area contributed by atoms with Crippen LogP contribution in [0.1, 0.15) is 19.3 Å². The van der Waals surface area contributed by atoms with E-state index in [0.717, 1.165) is 31.3 Å². The molecule has 1 heterocycles. The minimum Gasteiger partial charge on any atom is -0.396 e. The highest BCUT2D eigenvalue weighted by Gasteiger charge is 1.99. The smallest absolute Gasteiger partial charge is 0.0958 e. The van der Waals surface area contributed by atoms with Crippen LogP contribution in [0.5, 0.6) is 0 Å². The molecular formula is C12H16N2O. The van der Waals surface area contributed by atoms with Gasteiger partial charge in [-0.3, -0.25) is 0 Å². The molecule has 80 valence electrons. The second-order valence-electron chi connectivity index (χ2n) is 3.71. The molecule has 2 rings (SSSR count). The molecule has 0 atom stereocenters. The topological polar surface area (TPSA) is 38.0 Å². The maximum atomic E-state index is 8.68. The van der Waals surface area contributed by atoms with Gasteiger partial charge in [-0.15, -0.1) is 0 Å². The van der Waals surface area contributed by atoms with E-state index in [1.807, 2.05) is 24.5 Å². The second-order valence-corrected chi connectivity index (χ2v) is 3.71. The van der Waals surface area contributed by atoms with Gasteiger partial charge in [0.05, 0.1) is 17.4 Å². The Labute approximate surface area is 89.4 Å². The summed E-state index contributed by atoms with van der Waals surface area (Å²) in [6.45, 7) is 1.28. The summed E-state index contributed by atoms with van der Waals surface area (Å²) < 4.78 is 2.17. The monoisotopic (exact) mass is 204 g/mol. The first-order valence-corrected chi connectivity index (χ1v) is 5.42. The molecule has 0 radical (unpaired) electrons. The van der Waals surface area contributed by atoms with Crippen LogP contribution in [0, 0.1) is 0 Å². The highest BCUT2D eigenvalue weighted by molar-refractivity contribution is 5.74. The normalized spacial score (nSPS) is 11.0. The molecule has 3 heteroatoms. The maximum Gasteiger partial charge on any atom is 0.0958 e. The molecule has 15 heavy (non-hydrogen) atoms. The number of aliphatic hydroxyl groups excluding tert-OH is 1. The third kappa shape index (κ3) is 2.36. The van der Waals surface area contributed by atoms with E-state index in [4.69, 9.17) is 5.11 Å². The summed E-state index contributed by atoms with van der Waals surface area (Å²) in [5, 5.41) is 8.68. The first-order chi connectivity index (χ1) is 7.42. The van der Waals surface area contributed by atoms with Crippen molar-refractivity contribution in [3.63, 3.8) is 0 Å². The van der Waals surface area contributed by atoms with Crippen LogP contribution in [0.4, 0.5) is 0 Å². The number of aliphatic hydroxyl groups is 1. The Balaban J connectivity index is 2.02. The molecule has 0 spiro atoms. The maximum absolute atomic E-state index is 8.68. The molecule has 0 amide bonds. The average Bonchev–Trinajstić information content (AvgIpc) is 2.68. The lowest BCUT2D eigenvalue weighted by atomic mass is 10.2. The van der Waals surface area contributed by atoms with Crippen LogP contribution in [-0.2, 0) is 6.54 Å². The van der Waals surface area contributed by atoms with Gasteiger partial charge in [-0.2, -0.15) is 0 Å². The highest BCUT2D eigenvalue weighted by Crippen LogP contribution is 2.12. The number of imidazole rings is 1. The SMILES string of the molecule is OCCCCCn1cnc2ccccc21. The van der Waals surface area contributed by atoms with Crippen molar-refractivity contribution >= 4 is 11.0 Å². The number of aryl methyl sites for hydroxylation is 1. The summed E-state index contributed by atoms with van der Waals surface area (Å²) in [5.41, 5.74) is 2.25. The van der Waals surface area contributed by atoms with Crippen molar-refractivity contribution in [1.29, 1.82) is 0 Å². The van der Waals surface area contributed by atoms with E-state index < -0.39 is 0 Å². The van der Waals surface area contributed by atoms with Crippen molar-refractivity contribution < 1.29 is 5.11 Å². The lowest BCUT2D eigenvalue weighted by Crippen LogP contribution is -1.96. The Kier molecular flexibility index (Phi) is 3.35. The molecule has 0 bridgehead atoms. The summed E-state index contributed by atoms with van der Waals surface area (Å²) in [6, 6.07) is 8.16. The zero-order valence-electron chi connectivity index (χ0n) is 8.76. The fourth-order valence-electron chi connectivity index (χ4n) is 1.76. The van der Waals surface area contributed by atoms with Crippen LogP contribution in [0.25, 0.3) is 11.0 Å². The number of aromatic nitrogens is 2. The van der Waals surface area contributed by atoms with E-state index in [-0.39, 0.29) is 0 Å². The minimum absolute atomic E-state index is 0.296. The minimum atomic E-state index is 0.296. The van der Waals surface area contributed by atoms with Gasteiger partial charge in [0.25, 0.3) is 0 Å². The third-order valence-electron chi connectivity index (χ3n) is 2.58. The van der Waals surface area contributed by atoms with Crippen molar-refractivity contribution in [2.24, 2.45) is 0 Å². The zero-order chi connectivity index (χ0) is 10.5. The van der Waals surface area contributed by atoms with Crippen molar-refractivity contribution in [2.75, 3.05) is 6.61 Å². The molecule has 1 aromatic carbocycles. The number of rotatable bonds is 5. The van der Waals surface area contributed by atoms with Crippen LogP contribution in [0.15, 0.2) is 30.6 Å². The number of para-hydroxylation sites is 2. The number of nitrogens with zero attached hydrogens (tertiary/aromatic N) is 2. The predicted octanol–water partition coefficient (Wildman–Crippen LogP) is 2.20. The van der Waals surface area contributed by atoms with Gasteiger partial charge < -0.3 is 9.67 Å². The van der Waals surface area contributed by atoms with Crippen LogP contribution >= 0.6 is 0 Å². The van der Waals surface area contributed by atoms with E-state index in [0.29, 0.717) is 6.61 Å². The Morgan fingerprint density at radius 3 is 2.87 bits per heavy atom. The highest BCUT2D eigenvalue weighted by atomic mass is 16.2. The number of hydrogen-bond donors (Lipinski definition) is 1. The number of hydrogen-bond acceptors (Lipinski definition) is 2. The second kappa shape index (κ2) is 4.94. The Bertz CT molecular complexity index is 422. The first-order valence-electron chi connectivity index (χ1n) is 5.42. The van der Waals surface area contributed by atoms with Crippen molar-refractivity contribution in [2.45, 2.75) is 25.8 Å². The van der Waals surface area contributed by atoms with E-state index in [9.17, 15) is 0 Å². The van der Waals surface area contributed by atoms with Crippen molar-refractivity contribution in [3.8, 4) is 0 Å². The van der Waals surface area contributed by atoms with Gasteiger partial charge >= 0.3 is 0 Å². The molecule has 2 aromatic rings. The van der Waals surface area contributed by atoms with Crippen LogP contribution < -0.4 is 0 Å². The van der Waals surface area contributed by atoms with E-state index in [1.165, 1.54) is 5.52 Å². The molecule has 0 unspecified atom stereocenters. The average molecular weight is 204 g/mol. The Hall–Kier alpha value is -1.35. The largest absolute Gasteiger partial charge is 0.396 e. The van der Waals surface area contributed by atoms with Crippen LogP contribution in [0.3, 0.4) is 0 Å². The van der Waals surface area contributed by atoms with Crippen LogP contribution in [-0.4, -0.2) is 21.3 Å². The number of benzene rings is 1. The molecular weight excluding hydrogens is 188 g/mol. The standard InChI is InChI=1S/C12H16N2O/c15-9-5-1-4-8-14-10-13-11-6-2-3-7-12(11)14/h2-3,6-7,10,15H,1,4-5,8-9H2. The predicted molar refractivity (Wildman–Crippen MR) is 60.7 cm³/mol. The molecule has 0 aliphatic rings. The quantitative estimate of drug-likeness (QED) is 0.758. The molecule has 3 nitrogen and oxygen atoms in total. The summed E-state index contributed by atoms with van der Waals surface area (Å²) in [5.74, 6) is 0. The number of unbranched alkanes of at least 4 members (excludes halogenated alkanes) is 2. The van der Waals surface area contributed by atoms with Gasteiger partial charge in [-0.25, -0.2) is 4.98 Å². The number of fused-ring (bicyclic) bond motifs is 1. The van der Waals surface area contributed by atoms with Crippen molar-refractivity contribution in [3.05, 3.63) is 30.6 Å². The van der Waals surface area contributed by atoms with Gasteiger partial charge in [-0.05, 0) is 31.4 Å². The lowest BCUT2D eigenvalue weighted by molar-refractivity contribution is 0.282. The van der Waals surface area contributed by atoms with Gasteiger partial charge in [0.15, 0.2) is 0 Å². The fourth-order valence-corrected chi connectivity index (χ4v) is 1.76. The van der Waals surface area contributed by atoms with Crippen LogP contribution in [0.2, 0.25) is 0 Å². The molecule has 0 saturated carbocycles. The summed E-state index contributed by atoms with van der Waals surface area (Å²) in [6.07, 6.45) is 4.96. The summed E-state index contributed by atoms with van der Waals surface area (Å²) in [4.78, 5) is 4.33. The molecule has 0 saturated heterocycles. The Morgan fingerprint density at radius 1 is 1.13 bits per heavy atom. The van der Waals surface area contributed by atoms with Gasteiger partial charge in [-0.1, -0.05) is 12.1 Å². The Morgan fingerprint density at radius 2 is 2.00 bits per heavy atom. The van der Waals surface area contributed by atoms with E-state index in [2.05, 4.69) is 15.6 Å². The fraction of sp³-hybridized carbons (Fsp3) is 0.417.